The Morgan fingerprint density at radius 3 is 2.47 bits per heavy atom. The van der Waals surface area contributed by atoms with Crippen molar-refractivity contribution in [3.05, 3.63) is 70.2 Å². The van der Waals surface area contributed by atoms with Crippen molar-refractivity contribution < 1.29 is 22.8 Å². The first-order valence-electron chi connectivity index (χ1n) is 16.5. The highest BCUT2D eigenvalue weighted by molar-refractivity contribution is 7.88. The average molecular weight is 689 g/mol. The molecule has 258 valence electrons. The number of carbonyl (C=O) groups excluding carboxylic acids is 3. The van der Waals surface area contributed by atoms with Crippen LogP contribution in [0.15, 0.2) is 48.5 Å². The van der Waals surface area contributed by atoms with Gasteiger partial charge in [-0.25, -0.2) is 13.1 Å². The molecule has 0 bridgehead atoms. The molecule has 2 saturated heterocycles. The van der Waals surface area contributed by atoms with Crippen molar-refractivity contribution in [1.82, 2.24) is 25.2 Å². The van der Waals surface area contributed by atoms with Crippen LogP contribution in [0.3, 0.4) is 0 Å². The number of rotatable bonds is 14. The molecule has 0 radical (unpaired) electrons. The Morgan fingerprint density at radius 1 is 1.11 bits per heavy atom. The Bertz CT molecular complexity index is 1500. The van der Waals surface area contributed by atoms with Crippen LogP contribution in [0, 0.1) is 5.41 Å². The number of likely N-dealkylation sites (tertiary alicyclic amines) is 1. The highest BCUT2D eigenvalue weighted by Crippen LogP contribution is 2.38. The van der Waals surface area contributed by atoms with E-state index in [1.807, 2.05) is 12.1 Å². The molecule has 2 aliphatic rings. The molecule has 3 unspecified atom stereocenters. The summed E-state index contributed by atoms with van der Waals surface area (Å²) in [6, 6.07) is 12.5. The summed E-state index contributed by atoms with van der Waals surface area (Å²) in [4.78, 5) is 45.5. The van der Waals surface area contributed by atoms with E-state index in [-0.39, 0.29) is 49.5 Å². The van der Waals surface area contributed by atoms with E-state index in [1.54, 1.807) is 67.1 Å². The van der Waals surface area contributed by atoms with Gasteiger partial charge in [-0.2, -0.15) is 0 Å². The topological polar surface area (TPSA) is 154 Å². The lowest BCUT2D eigenvalue weighted by Crippen LogP contribution is -2.59. The zero-order valence-corrected chi connectivity index (χ0v) is 29.2. The molecule has 3 amide bonds. The molecule has 0 aliphatic carbocycles. The van der Waals surface area contributed by atoms with Gasteiger partial charge in [0.15, 0.2) is 0 Å². The Labute approximate surface area is 284 Å². The molecule has 2 aromatic rings. The first kappa shape index (κ1) is 36.8. The minimum absolute atomic E-state index is 0.0219. The fraction of sp³-hybridized carbons (Fsp3) is 0.559. The van der Waals surface area contributed by atoms with Crippen molar-refractivity contribution in [2.45, 2.75) is 89.3 Å². The number of carbonyl (C=O) groups is 3. The molecule has 5 N–H and O–H groups in total. The smallest absolute Gasteiger partial charge is 0.243 e. The average Bonchev–Trinajstić information content (AvgIpc) is 3.56. The normalized spacial score (nSPS) is 19.2. The van der Waals surface area contributed by atoms with Crippen LogP contribution in [-0.4, -0.2) is 80.7 Å². The maximum absolute atomic E-state index is 14.7. The van der Waals surface area contributed by atoms with E-state index in [9.17, 15) is 22.8 Å². The highest BCUT2D eigenvalue weighted by Gasteiger charge is 2.50. The monoisotopic (exact) mass is 688 g/mol. The molecular weight excluding hydrogens is 640 g/mol. The number of amides is 3. The van der Waals surface area contributed by atoms with Crippen LogP contribution in [0.5, 0.6) is 0 Å². The van der Waals surface area contributed by atoms with E-state index >= 15 is 0 Å². The number of nitrogens with zero attached hydrogens (tertiary/aromatic N) is 2. The number of piperidine rings is 1. The van der Waals surface area contributed by atoms with Crippen LogP contribution < -0.4 is 21.1 Å². The first-order valence-corrected chi connectivity index (χ1v) is 18.5. The third kappa shape index (κ3) is 9.11. The predicted octanol–water partition coefficient (Wildman–Crippen LogP) is 2.91. The van der Waals surface area contributed by atoms with Crippen molar-refractivity contribution >= 4 is 39.3 Å². The molecule has 11 nitrogen and oxygen atoms in total. The summed E-state index contributed by atoms with van der Waals surface area (Å²) in [7, 11) is -2.14. The highest BCUT2D eigenvalue weighted by atomic mass is 35.5. The van der Waals surface area contributed by atoms with E-state index in [0.717, 1.165) is 37.1 Å². The van der Waals surface area contributed by atoms with Gasteiger partial charge in [-0.3, -0.25) is 14.4 Å². The summed E-state index contributed by atoms with van der Waals surface area (Å²) >= 11 is 6.19. The standard InChI is InChI=1S/C34H49ClN6O5S/c1-4-34(20-31(42)40(3)29-14-16-37-17-15-29,24(2)39-47(45,46)23-25-9-6-5-7-10-25)33(44)41-18-8-11-30(41)32(43)38-22-27-19-28(35)13-12-26(27)21-36/h5-7,9-10,12-13,19,24,29-30,37,39H,4,8,11,14-18,20-23,36H2,1-3H3,(H,38,43). The molecule has 0 spiro atoms. The Kier molecular flexibility index (Phi) is 12.8. The summed E-state index contributed by atoms with van der Waals surface area (Å²) in [5, 5.41) is 6.79. The third-order valence-corrected chi connectivity index (χ3v) is 11.5. The van der Waals surface area contributed by atoms with Gasteiger partial charge >= 0.3 is 0 Å². The molecular formula is C34H49ClN6O5S. The minimum atomic E-state index is -3.89. The number of nitrogens with one attached hydrogen (secondary N) is 3. The summed E-state index contributed by atoms with van der Waals surface area (Å²) in [6.45, 7) is 5.85. The second kappa shape index (κ2) is 16.4. The molecule has 3 atom stereocenters. The van der Waals surface area contributed by atoms with E-state index in [2.05, 4.69) is 15.4 Å². The van der Waals surface area contributed by atoms with Gasteiger partial charge in [0.1, 0.15) is 6.04 Å². The van der Waals surface area contributed by atoms with Crippen LogP contribution in [-0.2, 0) is 43.2 Å². The van der Waals surface area contributed by atoms with Crippen LogP contribution in [0.4, 0.5) is 0 Å². The molecule has 47 heavy (non-hydrogen) atoms. The summed E-state index contributed by atoms with van der Waals surface area (Å²) < 4.78 is 29.6. The molecule has 0 aromatic heterocycles. The van der Waals surface area contributed by atoms with Gasteiger partial charge in [0, 0.05) is 50.2 Å². The van der Waals surface area contributed by atoms with Crippen LogP contribution in [0.25, 0.3) is 0 Å². The number of halogens is 1. The van der Waals surface area contributed by atoms with Crippen molar-refractivity contribution in [1.29, 1.82) is 0 Å². The molecule has 13 heteroatoms. The third-order valence-electron chi connectivity index (χ3n) is 9.82. The van der Waals surface area contributed by atoms with Gasteiger partial charge in [0.2, 0.25) is 27.7 Å². The second-order valence-corrected chi connectivity index (χ2v) is 14.9. The molecule has 2 aliphatic heterocycles. The molecule has 0 saturated carbocycles. The van der Waals surface area contributed by atoms with Gasteiger partial charge in [0.25, 0.3) is 0 Å². The number of hydrogen-bond donors (Lipinski definition) is 4. The Morgan fingerprint density at radius 2 is 1.81 bits per heavy atom. The van der Waals surface area contributed by atoms with Gasteiger partial charge in [0.05, 0.1) is 11.2 Å². The number of nitrogens with two attached hydrogens (primary N) is 1. The molecule has 2 aromatic carbocycles. The lowest BCUT2D eigenvalue weighted by molar-refractivity contribution is -0.153. The lowest BCUT2D eigenvalue weighted by Gasteiger charge is -2.42. The minimum Gasteiger partial charge on any atom is -0.350 e. The van der Waals surface area contributed by atoms with E-state index in [4.69, 9.17) is 17.3 Å². The zero-order valence-electron chi connectivity index (χ0n) is 27.6. The maximum atomic E-state index is 14.7. The summed E-state index contributed by atoms with van der Waals surface area (Å²) in [5.74, 6) is -1.21. The lowest BCUT2D eigenvalue weighted by atomic mass is 9.73. The second-order valence-electron chi connectivity index (χ2n) is 12.7. The fourth-order valence-electron chi connectivity index (χ4n) is 6.83. The van der Waals surface area contributed by atoms with Crippen molar-refractivity contribution in [2.24, 2.45) is 11.1 Å². The largest absolute Gasteiger partial charge is 0.350 e. The number of benzene rings is 2. The van der Waals surface area contributed by atoms with Crippen molar-refractivity contribution in [3.63, 3.8) is 0 Å². The Hall–Kier alpha value is -3.03. The summed E-state index contributed by atoms with van der Waals surface area (Å²) in [6.07, 6.45) is 2.65. The van der Waals surface area contributed by atoms with Gasteiger partial charge in [-0.15, -0.1) is 0 Å². The van der Waals surface area contributed by atoms with Gasteiger partial charge in [-0.05, 0) is 80.9 Å². The van der Waals surface area contributed by atoms with E-state index in [1.165, 1.54) is 0 Å². The summed E-state index contributed by atoms with van der Waals surface area (Å²) in [5.41, 5.74) is 6.71. The SMILES string of the molecule is CCC(CC(=O)N(C)C1CCNCC1)(C(=O)N1CCCC1C(=O)NCc1cc(Cl)ccc1CN)C(C)NS(=O)(=O)Cc1ccccc1. The molecule has 2 fully saturated rings. The van der Waals surface area contributed by atoms with E-state index < -0.39 is 33.4 Å². The fourth-order valence-corrected chi connectivity index (χ4v) is 8.51. The van der Waals surface area contributed by atoms with Crippen LogP contribution in [0.2, 0.25) is 5.02 Å². The number of hydrogen-bond acceptors (Lipinski definition) is 7. The zero-order chi connectivity index (χ0) is 34.2. The van der Waals surface area contributed by atoms with E-state index in [0.29, 0.717) is 30.0 Å². The van der Waals surface area contributed by atoms with Gasteiger partial charge < -0.3 is 26.2 Å². The quantitative estimate of drug-likeness (QED) is 0.238. The van der Waals surface area contributed by atoms with Crippen molar-refractivity contribution in [3.8, 4) is 0 Å². The van der Waals surface area contributed by atoms with Crippen LogP contribution in [0.1, 0.15) is 69.1 Å². The van der Waals surface area contributed by atoms with Crippen LogP contribution >= 0.6 is 11.6 Å². The predicted molar refractivity (Wildman–Crippen MR) is 184 cm³/mol. The molecule has 2 heterocycles. The van der Waals surface area contributed by atoms with Crippen molar-refractivity contribution in [2.75, 3.05) is 26.7 Å². The Balaban J connectivity index is 1.60. The first-order chi connectivity index (χ1) is 22.4. The van der Waals surface area contributed by atoms with Gasteiger partial charge in [-0.1, -0.05) is 54.9 Å². The maximum Gasteiger partial charge on any atom is 0.243 e. The molecule has 4 rings (SSSR count). The number of sulfonamides is 1.